The van der Waals surface area contributed by atoms with E-state index in [1.807, 2.05) is 12.1 Å². The van der Waals surface area contributed by atoms with E-state index in [2.05, 4.69) is 10.0 Å². The zero-order valence-electron chi connectivity index (χ0n) is 16.7. The maximum atomic E-state index is 13.0. The van der Waals surface area contributed by atoms with Crippen LogP contribution in [0.15, 0.2) is 77.7 Å². The van der Waals surface area contributed by atoms with Crippen LogP contribution in [-0.2, 0) is 10.0 Å². The van der Waals surface area contributed by atoms with Gasteiger partial charge in [0, 0.05) is 11.3 Å². The Labute approximate surface area is 179 Å². The van der Waals surface area contributed by atoms with Crippen LogP contribution in [0.3, 0.4) is 0 Å². The molecule has 0 radical (unpaired) electrons. The highest BCUT2D eigenvalue weighted by atomic mass is 32.2. The number of para-hydroxylation sites is 2. The summed E-state index contributed by atoms with van der Waals surface area (Å²) in [6.07, 6.45) is 0. The lowest BCUT2D eigenvalue weighted by Gasteiger charge is -2.11. The number of sulfonamides is 1. The van der Waals surface area contributed by atoms with Gasteiger partial charge in [-0.1, -0.05) is 18.2 Å². The van der Waals surface area contributed by atoms with Gasteiger partial charge in [0.15, 0.2) is 11.5 Å². The molecule has 0 saturated carbocycles. The van der Waals surface area contributed by atoms with Gasteiger partial charge in [0.25, 0.3) is 15.9 Å². The number of amides is 1. The van der Waals surface area contributed by atoms with Crippen molar-refractivity contribution in [2.45, 2.75) is 4.90 Å². The van der Waals surface area contributed by atoms with Crippen LogP contribution in [0, 0.1) is 5.82 Å². The molecule has 3 aromatic carbocycles. The number of carbonyl (C=O) groups is 1. The summed E-state index contributed by atoms with van der Waals surface area (Å²) in [6, 6.07) is 17.7. The highest BCUT2D eigenvalue weighted by molar-refractivity contribution is 7.92. The highest BCUT2D eigenvalue weighted by Crippen LogP contribution is 2.25. The van der Waals surface area contributed by atoms with Gasteiger partial charge >= 0.3 is 0 Å². The number of methoxy groups -OCH3 is 1. The van der Waals surface area contributed by atoms with Crippen molar-refractivity contribution in [1.82, 2.24) is 5.32 Å². The normalized spacial score (nSPS) is 10.9. The number of ether oxygens (including phenoxy) is 2. The van der Waals surface area contributed by atoms with E-state index < -0.39 is 21.7 Å². The summed E-state index contributed by atoms with van der Waals surface area (Å²) in [6.45, 7) is 0.415. The minimum absolute atomic E-state index is 0.0882. The van der Waals surface area contributed by atoms with Crippen LogP contribution in [0.2, 0.25) is 0 Å². The molecule has 0 aromatic heterocycles. The fraction of sp³-hybridized carbons (Fsp3) is 0.136. The Hall–Kier alpha value is -3.59. The monoisotopic (exact) mass is 444 g/mol. The van der Waals surface area contributed by atoms with Crippen molar-refractivity contribution in [3.8, 4) is 11.5 Å². The second-order valence-electron chi connectivity index (χ2n) is 6.40. The first-order chi connectivity index (χ1) is 14.9. The number of rotatable bonds is 9. The standard InChI is InChI=1S/C22H21FN2O5S/c1-29-20-7-2-3-8-21(20)30-14-13-24-22(26)16-5-4-6-19(15-16)31(27,28)25-18-11-9-17(23)10-12-18/h2-12,15,25H,13-14H2,1H3,(H,24,26). The molecule has 0 bridgehead atoms. The number of anilines is 1. The van der Waals surface area contributed by atoms with E-state index in [-0.39, 0.29) is 29.3 Å². The van der Waals surface area contributed by atoms with Gasteiger partial charge < -0.3 is 14.8 Å². The SMILES string of the molecule is COc1ccccc1OCCNC(=O)c1cccc(S(=O)(=O)Nc2ccc(F)cc2)c1. The van der Waals surface area contributed by atoms with Crippen LogP contribution < -0.4 is 19.5 Å². The Morgan fingerprint density at radius 3 is 2.39 bits per heavy atom. The van der Waals surface area contributed by atoms with E-state index in [9.17, 15) is 17.6 Å². The lowest BCUT2D eigenvalue weighted by molar-refractivity contribution is 0.0946. The number of hydrogen-bond acceptors (Lipinski definition) is 5. The summed E-state index contributed by atoms with van der Waals surface area (Å²) in [5.74, 6) is 0.221. The quantitative estimate of drug-likeness (QED) is 0.493. The summed E-state index contributed by atoms with van der Waals surface area (Å²) in [5, 5.41) is 2.68. The Bertz CT molecular complexity index is 1150. The largest absolute Gasteiger partial charge is 0.493 e. The van der Waals surface area contributed by atoms with Crippen LogP contribution in [0.1, 0.15) is 10.4 Å². The summed E-state index contributed by atoms with van der Waals surface area (Å²) in [5.41, 5.74) is 0.393. The average molecular weight is 444 g/mol. The van der Waals surface area contributed by atoms with Crippen LogP contribution in [0.25, 0.3) is 0 Å². The minimum atomic E-state index is -3.94. The molecule has 0 fully saturated rings. The molecule has 0 saturated heterocycles. The molecule has 0 aliphatic carbocycles. The molecular weight excluding hydrogens is 423 g/mol. The van der Waals surface area contributed by atoms with E-state index in [0.29, 0.717) is 11.5 Å². The molecular formula is C22H21FN2O5S. The third-order valence-electron chi connectivity index (χ3n) is 4.22. The number of nitrogens with one attached hydrogen (secondary N) is 2. The molecule has 0 heterocycles. The van der Waals surface area contributed by atoms with Gasteiger partial charge in [-0.25, -0.2) is 12.8 Å². The van der Waals surface area contributed by atoms with E-state index in [1.54, 1.807) is 12.1 Å². The minimum Gasteiger partial charge on any atom is -0.493 e. The van der Waals surface area contributed by atoms with E-state index in [1.165, 1.54) is 43.5 Å². The van der Waals surface area contributed by atoms with Gasteiger partial charge in [-0.15, -0.1) is 0 Å². The van der Waals surface area contributed by atoms with Gasteiger partial charge in [0.2, 0.25) is 0 Å². The van der Waals surface area contributed by atoms with Gasteiger partial charge in [0.1, 0.15) is 12.4 Å². The molecule has 0 aliphatic heterocycles. The van der Waals surface area contributed by atoms with Crippen molar-refractivity contribution in [3.63, 3.8) is 0 Å². The molecule has 7 nitrogen and oxygen atoms in total. The molecule has 162 valence electrons. The molecule has 1 amide bonds. The van der Waals surface area contributed by atoms with E-state index in [0.717, 1.165) is 12.1 Å². The summed E-state index contributed by atoms with van der Waals surface area (Å²) < 4.78 is 51.3. The van der Waals surface area contributed by atoms with Gasteiger partial charge in [0.05, 0.1) is 18.6 Å². The fourth-order valence-electron chi connectivity index (χ4n) is 2.70. The first kappa shape index (κ1) is 22.1. The van der Waals surface area contributed by atoms with Crippen molar-refractivity contribution in [2.75, 3.05) is 25.0 Å². The molecule has 0 atom stereocenters. The Morgan fingerprint density at radius 2 is 1.68 bits per heavy atom. The zero-order chi connectivity index (χ0) is 22.3. The maximum absolute atomic E-state index is 13.0. The summed E-state index contributed by atoms with van der Waals surface area (Å²) >= 11 is 0. The molecule has 31 heavy (non-hydrogen) atoms. The van der Waals surface area contributed by atoms with Gasteiger partial charge in [-0.05, 0) is 54.6 Å². The molecule has 3 aromatic rings. The Morgan fingerprint density at radius 1 is 0.968 bits per heavy atom. The van der Waals surface area contributed by atoms with Crippen LogP contribution in [-0.4, -0.2) is 34.6 Å². The van der Waals surface area contributed by atoms with Gasteiger partial charge in [-0.3, -0.25) is 9.52 Å². The molecule has 9 heteroatoms. The molecule has 0 unspecified atom stereocenters. The smallest absolute Gasteiger partial charge is 0.261 e. The average Bonchev–Trinajstić information content (AvgIpc) is 2.78. The lowest BCUT2D eigenvalue weighted by Crippen LogP contribution is -2.28. The number of benzene rings is 3. The number of hydrogen-bond donors (Lipinski definition) is 2. The predicted octanol–water partition coefficient (Wildman–Crippen LogP) is 3.44. The van der Waals surface area contributed by atoms with Crippen molar-refractivity contribution in [1.29, 1.82) is 0 Å². The number of halogens is 1. The third kappa shape index (κ3) is 5.95. The Balaban J connectivity index is 1.59. The summed E-state index contributed by atoms with van der Waals surface area (Å²) in [4.78, 5) is 12.3. The van der Waals surface area contributed by atoms with E-state index >= 15 is 0 Å². The van der Waals surface area contributed by atoms with E-state index in [4.69, 9.17) is 9.47 Å². The fourth-order valence-corrected chi connectivity index (χ4v) is 3.81. The first-order valence-electron chi connectivity index (χ1n) is 9.31. The van der Waals surface area contributed by atoms with Crippen molar-refractivity contribution < 1.29 is 27.1 Å². The second kappa shape index (κ2) is 9.94. The van der Waals surface area contributed by atoms with Crippen LogP contribution in [0.5, 0.6) is 11.5 Å². The highest BCUT2D eigenvalue weighted by Gasteiger charge is 2.16. The molecule has 0 spiro atoms. The zero-order valence-corrected chi connectivity index (χ0v) is 17.5. The van der Waals surface area contributed by atoms with Crippen LogP contribution >= 0.6 is 0 Å². The first-order valence-corrected chi connectivity index (χ1v) is 10.8. The third-order valence-corrected chi connectivity index (χ3v) is 5.60. The van der Waals surface area contributed by atoms with Crippen molar-refractivity contribution in [2.24, 2.45) is 0 Å². The predicted molar refractivity (Wildman–Crippen MR) is 114 cm³/mol. The van der Waals surface area contributed by atoms with Crippen molar-refractivity contribution >= 4 is 21.6 Å². The molecule has 0 aliphatic rings. The molecule has 2 N–H and O–H groups in total. The number of carbonyl (C=O) groups excluding carboxylic acids is 1. The summed E-state index contributed by atoms with van der Waals surface area (Å²) in [7, 11) is -2.40. The maximum Gasteiger partial charge on any atom is 0.261 e. The van der Waals surface area contributed by atoms with Crippen LogP contribution in [0.4, 0.5) is 10.1 Å². The lowest BCUT2D eigenvalue weighted by atomic mass is 10.2. The van der Waals surface area contributed by atoms with Crippen molar-refractivity contribution in [3.05, 3.63) is 84.2 Å². The Kier molecular flexibility index (Phi) is 7.09. The topological polar surface area (TPSA) is 93.7 Å². The second-order valence-corrected chi connectivity index (χ2v) is 8.08. The van der Waals surface area contributed by atoms with Gasteiger partial charge in [-0.2, -0.15) is 0 Å². The molecule has 3 rings (SSSR count).